The smallest absolute Gasteiger partial charge is 0.412 e. The number of hydroxylamine groups is 2. The topological polar surface area (TPSA) is 68.3 Å². The molecule has 2 aromatic carbocycles. The lowest BCUT2D eigenvalue weighted by molar-refractivity contribution is -0.206. The van der Waals surface area contributed by atoms with Crippen LogP contribution < -0.4 is 0 Å². The van der Waals surface area contributed by atoms with Crippen molar-refractivity contribution in [2.45, 2.75) is 38.2 Å². The SMILES string of the molecule is CCOC(=O)[C@@H]1C[C@@H](N2C(=O)OC[C@H]2c2ccccc2)ON1Cc1ccccc1. The van der Waals surface area contributed by atoms with Crippen LogP contribution in [0.5, 0.6) is 0 Å². The standard InChI is InChI=1S/C22H24N2O5/c1-2-27-21(25)18-13-20(29-23(18)14-16-9-5-3-6-10-16)24-19(15-28-22(24)26)17-11-7-4-8-12-17/h3-12,18-20H,2,13-15H2,1H3/t18-,19-,20-/m0/s1. The summed E-state index contributed by atoms with van der Waals surface area (Å²) in [5.41, 5.74) is 1.97. The van der Waals surface area contributed by atoms with E-state index in [1.807, 2.05) is 60.7 Å². The van der Waals surface area contributed by atoms with E-state index in [1.54, 1.807) is 16.9 Å². The normalized spacial score (nSPS) is 24.5. The fourth-order valence-electron chi connectivity index (χ4n) is 3.79. The van der Waals surface area contributed by atoms with Crippen LogP contribution in [0.25, 0.3) is 0 Å². The van der Waals surface area contributed by atoms with E-state index >= 15 is 0 Å². The second-order valence-electron chi connectivity index (χ2n) is 7.04. The van der Waals surface area contributed by atoms with E-state index in [2.05, 4.69) is 0 Å². The van der Waals surface area contributed by atoms with Crippen molar-refractivity contribution >= 4 is 12.1 Å². The zero-order valence-corrected chi connectivity index (χ0v) is 16.3. The summed E-state index contributed by atoms with van der Waals surface area (Å²) in [7, 11) is 0. The summed E-state index contributed by atoms with van der Waals surface area (Å²) < 4.78 is 10.6. The molecular formula is C22H24N2O5. The molecule has 2 fully saturated rings. The van der Waals surface area contributed by atoms with E-state index < -0.39 is 18.4 Å². The lowest BCUT2D eigenvalue weighted by Gasteiger charge is -2.27. The van der Waals surface area contributed by atoms with Gasteiger partial charge in [-0.05, 0) is 18.1 Å². The average Bonchev–Trinajstić information content (AvgIpc) is 3.33. The highest BCUT2D eigenvalue weighted by Crippen LogP contribution is 2.36. The highest BCUT2D eigenvalue weighted by molar-refractivity contribution is 5.76. The van der Waals surface area contributed by atoms with Gasteiger partial charge < -0.3 is 9.47 Å². The highest BCUT2D eigenvalue weighted by Gasteiger charge is 2.48. The Kier molecular flexibility index (Phi) is 5.78. The summed E-state index contributed by atoms with van der Waals surface area (Å²) in [6.45, 7) is 2.73. The van der Waals surface area contributed by atoms with Crippen LogP contribution in [-0.4, -0.2) is 47.5 Å². The molecule has 4 rings (SSSR count). The Morgan fingerprint density at radius 2 is 1.79 bits per heavy atom. The van der Waals surface area contributed by atoms with E-state index in [4.69, 9.17) is 14.3 Å². The molecule has 2 saturated heterocycles. The van der Waals surface area contributed by atoms with Gasteiger partial charge in [0.15, 0.2) is 6.23 Å². The van der Waals surface area contributed by atoms with Crippen LogP contribution in [0, 0.1) is 0 Å². The van der Waals surface area contributed by atoms with Crippen molar-refractivity contribution < 1.29 is 23.9 Å². The molecule has 2 heterocycles. The van der Waals surface area contributed by atoms with E-state index in [9.17, 15) is 9.59 Å². The molecule has 0 aliphatic carbocycles. The van der Waals surface area contributed by atoms with Gasteiger partial charge in [-0.1, -0.05) is 60.7 Å². The first-order chi connectivity index (χ1) is 14.2. The summed E-state index contributed by atoms with van der Waals surface area (Å²) >= 11 is 0. The molecule has 7 heteroatoms. The van der Waals surface area contributed by atoms with Crippen LogP contribution in [0.2, 0.25) is 0 Å². The van der Waals surface area contributed by atoms with Gasteiger partial charge >= 0.3 is 12.1 Å². The predicted octanol–water partition coefficient (Wildman–Crippen LogP) is 3.28. The van der Waals surface area contributed by atoms with Gasteiger partial charge in [-0.25, -0.2) is 4.79 Å². The van der Waals surface area contributed by atoms with Crippen molar-refractivity contribution in [2.24, 2.45) is 0 Å². The molecule has 7 nitrogen and oxygen atoms in total. The molecule has 0 saturated carbocycles. The minimum Gasteiger partial charge on any atom is -0.465 e. The minimum absolute atomic E-state index is 0.255. The molecular weight excluding hydrogens is 372 g/mol. The number of amides is 1. The molecule has 2 aliphatic rings. The Morgan fingerprint density at radius 3 is 2.48 bits per heavy atom. The molecule has 0 aromatic heterocycles. The third-order valence-corrected chi connectivity index (χ3v) is 5.18. The van der Waals surface area contributed by atoms with Crippen molar-refractivity contribution in [3.63, 3.8) is 0 Å². The Balaban J connectivity index is 1.57. The summed E-state index contributed by atoms with van der Waals surface area (Å²) in [5.74, 6) is -0.352. The first-order valence-corrected chi connectivity index (χ1v) is 9.81. The van der Waals surface area contributed by atoms with E-state index in [0.29, 0.717) is 13.0 Å². The molecule has 0 spiro atoms. The first kappa shape index (κ1) is 19.4. The quantitative estimate of drug-likeness (QED) is 0.698. The van der Waals surface area contributed by atoms with Gasteiger partial charge in [-0.15, -0.1) is 0 Å². The van der Waals surface area contributed by atoms with E-state index in [0.717, 1.165) is 11.1 Å². The molecule has 1 amide bonds. The second kappa shape index (κ2) is 8.63. The van der Waals surface area contributed by atoms with Gasteiger partial charge in [-0.3, -0.25) is 14.5 Å². The molecule has 29 heavy (non-hydrogen) atoms. The van der Waals surface area contributed by atoms with Gasteiger partial charge in [-0.2, -0.15) is 5.06 Å². The molecule has 3 atom stereocenters. The van der Waals surface area contributed by atoms with Gasteiger partial charge in [0.25, 0.3) is 0 Å². The van der Waals surface area contributed by atoms with Crippen LogP contribution >= 0.6 is 0 Å². The number of benzene rings is 2. The van der Waals surface area contributed by atoms with Crippen molar-refractivity contribution in [3.8, 4) is 0 Å². The van der Waals surface area contributed by atoms with E-state index in [1.165, 1.54) is 0 Å². The molecule has 2 aromatic rings. The number of hydrogen-bond acceptors (Lipinski definition) is 6. The largest absolute Gasteiger partial charge is 0.465 e. The second-order valence-corrected chi connectivity index (χ2v) is 7.04. The average molecular weight is 396 g/mol. The Bertz CT molecular complexity index is 845. The van der Waals surface area contributed by atoms with Gasteiger partial charge in [0.2, 0.25) is 0 Å². The van der Waals surface area contributed by atoms with E-state index in [-0.39, 0.29) is 25.2 Å². The number of rotatable bonds is 6. The number of esters is 1. The lowest BCUT2D eigenvalue weighted by atomic mass is 10.1. The molecule has 0 bridgehead atoms. The Labute approximate surface area is 169 Å². The van der Waals surface area contributed by atoms with Crippen LogP contribution in [0.15, 0.2) is 60.7 Å². The predicted molar refractivity (Wildman–Crippen MR) is 104 cm³/mol. The number of nitrogens with zero attached hydrogens (tertiary/aromatic N) is 2. The molecule has 0 N–H and O–H groups in total. The van der Waals surface area contributed by atoms with Crippen LogP contribution in [0.3, 0.4) is 0 Å². The Hall–Kier alpha value is -2.90. The maximum atomic E-state index is 12.6. The van der Waals surface area contributed by atoms with Crippen LogP contribution in [-0.2, 0) is 25.7 Å². The third-order valence-electron chi connectivity index (χ3n) is 5.18. The maximum absolute atomic E-state index is 12.6. The van der Waals surface area contributed by atoms with Gasteiger partial charge in [0.05, 0.1) is 19.2 Å². The van der Waals surface area contributed by atoms with Gasteiger partial charge in [0, 0.05) is 6.42 Å². The lowest BCUT2D eigenvalue weighted by Crippen LogP contribution is -2.38. The molecule has 2 aliphatic heterocycles. The monoisotopic (exact) mass is 396 g/mol. The van der Waals surface area contributed by atoms with Crippen molar-refractivity contribution in [3.05, 3.63) is 71.8 Å². The van der Waals surface area contributed by atoms with Crippen LogP contribution in [0.4, 0.5) is 4.79 Å². The first-order valence-electron chi connectivity index (χ1n) is 9.81. The van der Waals surface area contributed by atoms with Gasteiger partial charge in [0.1, 0.15) is 12.6 Å². The summed E-state index contributed by atoms with van der Waals surface area (Å²) in [5, 5.41) is 1.62. The van der Waals surface area contributed by atoms with Crippen molar-refractivity contribution in [1.29, 1.82) is 0 Å². The summed E-state index contributed by atoms with van der Waals surface area (Å²) in [4.78, 5) is 32.8. The molecule has 0 unspecified atom stereocenters. The van der Waals surface area contributed by atoms with Crippen LogP contribution in [0.1, 0.15) is 30.5 Å². The molecule has 0 radical (unpaired) electrons. The fraction of sp³-hybridized carbons (Fsp3) is 0.364. The number of cyclic esters (lactones) is 1. The number of carbonyl (C=O) groups is 2. The number of ether oxygens (including phenoxy) is 2. The fourth-order valence-corrected chi connectivity index (χ4v) is 3.79. The van der Waals surface area contributed by atoms with Crippen molar-refractivity contribution in [1.82, 2.24) is 9.96 Å². The third kappa shape index (κ3) is 4.11. The molecule has 152 valence electrons. The summed E-state index contributed by atoms with van der Waals surface area (Å²) in [6.07, 6.45) is -0.717. The summed E-state index contributed by atoms with van der Waals surface area (Å²) in [6, 6.07) is 18.6. The Morgan fingerprint density at radius 1 is 1.10 bits per heavy atom. The van der Waals surface area contributed by atoms with Crippen molar-refractivity contribution in [2.75, 3.05) is 13.2 Å². The highest BCUT2D eigenvalue weighted by atomic mass is 16.7. The maximum Gasteiger partial charge on any atom is 0.412 e. The minimum atomic E-state index is -0.603. The zero-order valence-electron chi connectivity index (χ0n) is 16.3. The number of carbonyl (C=O) groups excluding carboxylic acids is 2. The zero-order chi connectivity index (χ0) is 20.2. The number of hydrogen-bond donors (Lipinski definition) is 0.